The summed E-state index contributed by atoms with van der Waals surface area (Å²) in [6.07, 6.45) is 9.32. The lowest BCUT2D eigenvalue weighted by Crippen LogP contribution is -2.45. The first kappa shape index (κ1) is 15.8. The normalized spacial score (nSPS) is 19.5. The molecule has 7 heteroatoms. The van der Waals surface area contributed by atoms with Crippen LogP contribution in [0.5, 0.6) is 0 Å². The molecule has 1 aromatic heterocycles. The highest BCUT2D eigenvalue weighted by Gasteiger charge is 2.34. The lowest BCUT2D eigenvalue weighted by atomic mass is 9.85. The molecule has 2 aliphatic rings. The van der Waals surface area contributed by atoms with Crippen LogP contribution in [-0.4, -0.2) is 21.9 Å². The fraction of sp³-hybridized carbons (Fsp3) is 0.688. The van der Waals surface area contributed by atoms with Gasteiger partial charge in [0.1, 0.15) is 11.4 Å². The first-order valence-corrected chi connectivity index (χ1v) is 8.49. The van der Waals surface area contributed by atoms with E-state index in [4.69, 9.17) is 5.73 Å². The van der Waals surface area contributed by atoms with Crippen molar-refractivity contribution in [3.8, 4) is 0 Å². The zero-order valence-corrected chi connectivity index (χ0v) is 13.2. The number of amides is 1. The average molecular weight is 320 g/mol. The zero-order valence-electron chi connectivity index (χ0n) is 13.2. The van der Waals surface area contributed by atoms with Crippen LogP contribution in [0.1, 0.15) is 61.9 Å². The van der Waals surface area contributed by atoms with Gasteiger partial charge in [0.05, 0.1) is 0 Å². The van der Waals surface area contributed by atoms with Crippen LogP contribution in [-0.2, 0) is 0 Å². The Hall–Kier alpha value is -2.05. The van der Waals surface area contributed by atoms with Crippen LogP contribution in [0.25, 0.3) is 0 Å². The van der Waals surface area contributed by atoms with Gasteiger partial charge in [-0.2, -0.15) is 0 Å². The molecule has 23 heavy (non-hydrogen) atoms. The molecule has 1 aromatic rings. The third-order valence-electron chi connectivity index (χ3n) is 5.32. The monoisotopic (exact) mass is 320 g/mol. The van der Waals surface area contributed by atoms with Crippen LogP contribution < -0.4 is 22.3 Å². The van der Waals surface area contributed by atoms with Crippen molar-refractivity contribution in [1.82, 2.24) is 15.3 Å². The Morgan fingerprint density at radius 3 is 2.04 bits per heavy atom. The largest absolute Gasteiger partial charge is 0.392 e. The fourth-order valence-corrected chi connectivity index (χ4v) is 4.15. The van der Waals surface area contributed by atoms with Gasteiger partial charge < -0.3 is 16.0 Å². The molecule has 5 N–H and O–H groups in total. The number of nitrogens with two attached hydrogens (primary N) is 1. The highest BCUT2D eigenvalue weighted by atomic mass is 16.2. The number of H-pyrrole nitrogens is 2. The van der Waals surface area contributed by atoms with Crippen LogP contribution >= 0.6 is 0 Å². The minimum atomic E-state index is -0.725. The maximum atomic E-state index is 12.6. The Morgan fingerprint density at radius 2 is 1.52 bits per heavy atom. The summed E-state index contributed by atoms with van der Waals surface area (Å²) in [7, 11) is 0. The third-order valence-corrected chi connectivity index (χ3v) is 5.32. The molecule has 3 rings (SSSR count). The maximum Gasteiger partial charge on any atom is 0.326 e. The molecule has 0 radical (unpaired) electrons. The van der Waals surface area contributed by atoms with Crippen LogP contribution in [0.2, 0.25) is 0 Å². The summed E-state index contributed by atoms with van der Waals surface area (Å²) < 4.78 is 0. The number of hydrogen-bond acceptors (Lipinski definition) is 4. The highest BCUT2D eigenvalue weighted by molar-refractivity contribution is 5.97. The van der Waals surface area contributed by atoms with Crippen LogP contribution in [0.15, 0.2) is 9.59 Å². The lowest BCUT2D eigenvalue weighted by Gasteiger charge is -2.30. The summed E-state index contributed by atoms with van der Waals surface area (Å²) in [5, 5.41) is 3.07. The van der Waals surface area contributed by atoms with E-state index in [-0.39, 0.29) is 17.4 Å². The number of aromatic amines is 2. The van der Waals surface area contributed by atoms with E-state index in [0.29, 0.717) is 11.8 Å². The number of nitrogens with one attached hydrogen (secondary N) is 3. The molecule has 2 saturated carbocycles. The van der Waals surface area contributed by atoms with Gasteiger partial charge >= 0.3 is 5.69 Å². The number of carbonyl (C=O) groups is 1. The fourth-order valence-electron chi connectivity index (χ4n) is 4.15. The van der Waals surface area contributed by atoms with Gasteiger partial charge in [0.15, 0.2) is 0 Å². The summed E-state index contributed by atoms with van der Waals surface area (Å²) in [4.78, 5) is 40.0. The second-order valence-electron chi connectivity index (χ2n) is 6.79. The van der Waals surface area contributed by atoms with Crippen molar-refractivity contribution in [1.29, 1.82) is 0 Å². The number of rotatable bonds is 4. The summed E-state index contributed by atoms with van der Waals surface area (Å²) in [5.41, 5.74) is 3.86. The standard InChI is InChI=1S/C16H24N4O3/c17-11-13(19-16(23)20-14(11)21)15(22)18-12(9-5-1-2-6-9)10-7-3-4-8-10/h9-10,12H,1-8,17H2,(H,18,22)(H2,19,20,21,23). The molecule has 2 fully saturated rings. The van der Waals surface area contributed by atoms with E-state index in [0.717, 1.165) is 25.7 Å². The van der Waals surface area contributed by atoms with Crippen LogP contribution in [0.4, 0.5) is 5.69 Å². The average Bonchev–Trinajstić information content (AvgIpc) is 3.21. The third kappa shape index (κ3) is 3.33. The van der Waals surface area contributed by atoms with Crippen molar-refractivity contribution in [2.24, 2.45) is 11.8 Å². The van der Waals surface area contributed by atoms with Crippen molar-refractivity contribution >= 4 is 11.6 Å². The summed E-state index contributed by atoms with van der Waals surface area (Å²) >= 11 is 0. The molecule has 0 aliphatic heterocycles. The predicted octanol–water partition coefficient (Wildman–Crippen LogP) is 1.12. The van der Waals surface area contributed by atoms with Gasteiger partial charge in [-0.3, -0.25) is 14.6 Å². The molecule has 1 heterocycles. The van der Waals surface area contributed by atoms with Gasteiger partial charge in [-0.15, -0.1) is 0 Å². The summed E-state index contributed by atoms with van der Waals surface area (Å²) in [6, 6.07) is 0.106. The first-order chi connectivity index (χ1) is 11.1. The van der Waals surface area contributed by atoms with E-state index in [1.165, 1.54) is 25.7 Å². The topological polar surface area (TPSA) is 121 Å². The van der Waals surface area contributed by atoms with Crippen LogP contribution in [0, 0.1) is 11.8 Å². The predicted molar refractivity (Wildman–Crippen MR) is 87.3 cm³/mol. The second-order valence-corrected chi connectivity index (χ2v) is 6.79. The Kier molecular flexibility index (Phi) is 4.54. The number of nitrogen functional groups attached to an aromatic ring is 1. The Morgan fingerprint density at radius 1 is 1.00 bits per heavy atom. The summed E-state index contributed by atoms with van der Waals surface area (Å²) in [5.74, 6) is 0.517. The molecule has 126 valence electrons. The smallest absolute Gasteiger partial charge is 0.326 e. The molecule has 0 bridgehead atoms. The van der Waals surface area contributed by atoms with E-state index in [9.17, 15) is 14.4 Å². The SMILES string of the molecule is Nc1c(C(=O)NC(C2CCCC2)C2CCCC2)[nH]c(=O)[nH]c1=O. The van der Waals surface area contributed by atoms with E-state index in [1.54, 1.807) is 0 Å². The highest BCUT2D eigenvalue weighted by Crippen LogP contribution is 2.37. The Labute approximate surface area is 134 Å². The van der Waals surface area contributed by atoms with Crippen molar-refractivity contribution < 1.29 is 4.79 Å². The Balaban J connectivity index is 1.83. The second kappa shape index (κ2) is 6.60. The van der Waals surface area contributed by atoms with Crippen molar-refractivity contribution in [3.63, 3.8) is 0 Å². The molecular formula is C16H24N4O3. The number of carbonyl (C=O) groups excluding carboxylic acids is 1. The van der Waals surface area contributed by atoms with Crippen molar-refractivity contribution in [2.75, 3.05) is 5.73 Å². The van der Waals surface area contributed by atoms with Gasteiger partial charge in [-0.05, 0) is 37.5 Å². The molecular weight excluding hydrogens is 296 g/mol. The number of hydrogen-bond donors (Lipinski definition) is 4. The minimum absolute atomic E-state index is 0.106. The van der Waals surface area contributed by atoms with Crippen molar-refractivity contribution in [3.05, 3.63) is 26.5 Å². The zero-order chi connectivity index (χ0) is 16.4. The quantitative estimate of drug-likeness (QED) is 0.664. The summed E-state index contributed by atoms with van der Waals surface area (Å²) in [6.45, 7) is 0. The van der Waals surface area contributed by atoms with Crippen LogP contribution in [0.3, 0.4) is 0 Å². The maximum absolute atomic E-state index is 12.6. The molecule has 7 nitrogen and oxygen atoms in total. The molecule has 2 aliphatic carbocycles. The van der Waals surface area contributed by atoms with Gasteiger partial charge in [0, 0.05) is 6.04 Å². The van der Waals surface area contributed by atoms with E-state index in [1.807, 2.05) is 4.98 Å². The lowest BCUT2D eigenvalue weighted by molar-refractivity contribution is 0.0893. The van der Waals surface area contributed by atoms with Gasteiger partial charge in [-0.1, -0.05) is 25.7 Å². The number of anilines is 1. The van der Waals surface area contributed by atoms with Gasteiger partial charge in [0.2, 0.25) is 0 Å². The molecule has 0 atom stereocenters. The minimum Gasteiger partial charge on any atom is -0.392 e. The molecule has 1 amide bonds. The molecule has 0 saturated heterocycles. The van der Waals surface area contributed by atoms with Crippen molar-refractivity contribution in [2.45, 2.75) is 57.4 Å². The Bertz CT molecular complexity index is 665. The number of aromatic nitrogens is 2. The van der Waals surface area contributed by atoms with E-state index in [2.05, 4.69) is 10.3 Å². The van der Waals surface area contributed by atoms with Gasteiger partial charge in [0.25, 0.3) is 11.5 Å². The first-order valence-electron chi connectivity index (χ1n) is 8.49. The molecule has 0 unspecified atom stereocenters. The van der Waals surface area contributed by atoms with E-state index < -0.39 is 17.2 Å². The van der Waals surface area contributed by atoms with Gasteiger partial charge in [-0.25, -0.2) is 4.79 Å². The van der Waals surface area contributed by atoms with E-state index >= 15 is 0 Å². The molecule has 0 aromatic carbocycles. The molecule has 0 spiro atoms.